The van der Waals surface area contributed by atoms with Gasteiger partial charge >= 0.3 is 0 Å². The van der Waals surface area contributed by atoms with E-state index in [-0.39, 0.29) is 24.0 Å². The van der Waals surface area contributed by atoms with E-state index in [1.165, 1.54) is 11.1 Å². The van der Waals surface area contributed by atoms with E-state index in [0.717, 1.165) is 81.2 Å². The highest BCUT2D eigenvalue weighted by Crippen LogP contribution is 2.33. The Bertz CT molecular complexity index is 950. The predicted molar refractivity (Wildman–Crippen MR) is 141 cm³/mol. The zero-order valence-corrected chi connectivity index (χ0v) is 22.0. The fourth-order valence-corrected chi connectivity index (χ4v) is 4.26. The van der Waals surface area contributed by atoms with Crippen LogP contribution in [0.5, 0.6) is 11.5 Å². The molecule has 8 nitrogen and oxygen atoms in total. The summed E-state index contributed by atoms with van der Waals surface area (Å²) in [7, 11) is 3.36. The summed E-state index contributed by atoms with van der Waals surface area (Å²) in [5, 5.41) is 3.47. The lowest BCUT2D eigenvalue weighted by Gasteiger charge is -2.32. The number of nitrogens with one attached hydrogen (secondary N) is 1. The Morgan fingerprint density at radius 2 is 1.85 bits per heavy atom. The maximum atomic E-state index is 5.51. The van der Waals surface area contributed by atoms with Gasteiger partial charge in [-0.3, -0.25) is 0 Å². The van der Waals surface area contributed by atoms with Crippen LogP contribution < -0.4 is 19.7 Å². The Hall–Kier alpha value is -2.27. The Balaban J connectivity index is 0.00000306. The normalized spacial score (nSPS) is 16.0. The molecule has 1 aromatic heterocycles. The average Bonchev–Trinajstić information content (AvgIpc) is 2.86. The number of fused-ring (bicyclic) bond motifs is 1. The van der Waals surface area contributed by atoms with E-state index < -0.39 is 0 Å². The molecule has 1 aromatic carbocycles. The topological polar surface area (TPSA) is 71.5 Å². The van der Waals surface area contributed by atoms with Crippen LogP contribution in [-0.2, 0) is 24.2 Å². The summed E-state index contributed by atoms with van der Waals surface area (Å²) in [5.74, 6) is 3.48. The van der Waals surface area contributed by atoms with Crippen LogP contribution in [-0.4, -0.2) is 69.5 Å². The Labute approximate surface area is 213 Å². The van der Waals surface area contributed by atoms with Gasteiger partial charge in [0.25, 0.3) is 0 Å². The number of anilines is 1. The number of benzene rings is 1. The zero-order valence-electron chi connectivity index (χ0n) is 19.7. The predicted octanol–water partition coefficient (Wildman–Crippen LogP) is 3.08. The molecule has 0 bridgehead atoms. The van der Waals surface area contributed by atoms with Gasteiger partial charge in [0.15, 0.2) is 17.5 Å². The van der Waals surface area contributed by atoms with Crippen molar-refractivity contribution in [2.75, 3.05) is 58.5 Å². The van der Waals surface area contributed by atoms with Gasteiger partial charge < -0.3 is 29.3 Å². The second-order valence-electron chi connectivity index (χ2n) is 7.90. The number of morpholine rings is 1. The van der Waals surface area contributed by atoms with Crippen LogP contribution in [0.2, 0.25) is 0 Å². The molecular formula is C24H34IN5O3. The van der Waals surface area contributed by atoms with Gasteiger partial charge in [-0.15, -0.1) is 24.0 Å². The van der Waals surface area contributed by atoms with Crippen molar-refractivity contribution in [3.05, 3.63) is 47.2 Å². The maximum Gasteiger partial charge on any atom is 0.194 e. The number of methoxy groups -OCH3 is 2. The SMILES string of the molecule is CCNC(=NCc1cccnc1N1CCOCC1)N1CCc2cc(OC)c(OC)cc2C1.I. The van der Waals surface area contributed by atoms with Crippen molar-refractivity contribution in [3.63, 3.8) is 0 Å². The van der Waals surface area contributed by atoms with E-state index in [1.54, 1.807) is 14.2 Å². The van der Waals surface area contributed by atoms with Crippen LogP contribution in [0.15, 0.2) is 35.5 Å². The van der Waals surface area contributed by atoms with Gasteiger partial charge in [0.05, 0.1) is 34.0 Å². The van der Waals surface area contributed by atoms with Crippen molar-refractivity contribution in [1.29, 1.82) is 0 Å². The minimum absolute atomic E-state index is 0. The van der Waals surface area contributed by atoms with Crippen molar-refractivity contribution in [2.24, 2.45) is 4.99 Å². The molecule has 1 fully saturated rings. The Morgan fingerprint density at radius 1 is 1.12 bits per heavy atom. The minimum Gasteiger partial charge on any atom is -0.493 e. The fraction of sp³-hybridized carbons (Fsp3) is 0.500. The molecular weight excluding hydrogens is 533 g/mol. The number of nitrogens with zero attached hydrogens (tertiary/aromatic N) is 4. The number of pyridine rings is 1. The van der Waals surface area contributed by atoms with Crippen molar-refractivity contribution >= 4 is 35.8 Å². The quantitative estimate of drug-likeness (QED) is 0.327. The van der Waals surface area contributed by atoms with Gasteiger partial charge in [0.1, 0.15) is 5.82 Å². The summed E-state index contributed by atoms with van der Waals surface area (Å²) in [5.41, 5.74) is 3.68. The first-order valence-electron chi connectivity index (χ1n) is 11.3. The number of ether oxygens (including phenoxy) is 3. The molecule has 9 heteroatoms. The molecule has 0 unspecified atom stereocenters. The van der Waals surface area contributed by atoms with Crippen LogP contribution in [0.1, 0.15) is 23.6 Å². The van der Waals surface area contributed by atoms with Crippen molar-refractivity contribution in [1.82, 2.24) is 15.2 Å². The van der Waals surface area contributed by atoms with Crippen molar-refractivity contribution in [3.8, 4) is 11.5 Å². The average molecular weight is 567 g/mol. The summed E-state index contributed by atoms with van der Waals surface area (Å²) >= 11 is 0. The van der Waals surface area contributed by atoms with Gasteiger partial charge in [-0.1, -0.05) is 6.07 Å². The summed E-state index contributed by atoms with van der Waals surface area (Å²) in [6.07, 6.45) is 2.79. The molecule has 180 valence electrons. The second kappa shape index (κ2) is 12.3. The maximum absolute atomic E-state index is 5.51. The molecule has 0 aliphatic carbocycles. The van der Waals surface area contributed by atoms with Crippen LogP contribution >= 0.6 is 24.0 Å². The van der Waals surface area contributed by atoms with E-state index in [9.17, 15) is 0 Å². The fourth-order valence-electron chi connectivity index (χ4n) is 4.26. The van der Waals surface area contributed by atoms with E-state index in [4.69, 9.17) is 19.2 Å². The molecule has 0 saturated carbocycles. The first-order chi connectivity index (χ1) is 15.7. The monoisotopic (exact) mass is 567 g/mol. The summed E-state index contributed by atoms with van der Waals surface area (Å²) in [6.45, 7) is 8.39. The second-order valence-corrected chi connectivity index (χ2v) is 7.90. The molecule has 1 saturated heterocycles. The number of aliphatic imine (C=N–C) groups is 1. The molecule has 4 rings (SSSR count). The number of guanidine groups is 1. The van der Waals surface area contributed by atoms with Gasteiger partial charge in [-0.2, -0.15) is 0 Å². The molecule has 2 aliphatic heterocycles. The third-order valence-corrected chi connectivity index (χ3v) is 5.93. The molecule has 2 aromatic rings. The number of rotatable bonds is 6. The van der Waals surface area contributed by atoms with Gasteiger partial charge in [-0.25, -0.2) is 9.98 Å². The molecule has 2 aliphatic rings. The van der Waals surface area contributed by atoms with Gasteiger partial charge in [0, 0.05) is 44.5 Å². The van der Waals surface area contributed by atoms with Crippen LogP contribution in [0.4, 0.5) is 5.82 Å². The number of hydrogen-bond donors (Lipinski definition) is 1. The molecule has 0 radical (unpaired) electrons. The Morgan fingerprint density at radius 3 is 2.55 bits per heavy atom. The first kappa shape index (κ1) is 25.4. The van der Waals surface area contributed by atoms with Gasteiger partial charge in [-0.05, 0) is 42.7 Å². The van der Waals surface area contributed by atoms with E-state index >= 15 is 0 Å². The molecule has 3 heterocycles. The zero-order chi connectivity index (χ0) is 22.3. The van der Waals surface area contributed by atoms with Crippen molar-refractivity contribution in [2.45, 2.75) is 26.4 Å². The molecule has 0 spiro atoms. The lowest BCUT2D eigenvalue weighted by molar-refractivity contribution is 0.122. The molecule has 0 atom stereocenters. The highest BCUT2D eigenvalue weighted by atomic mass is 127. The number of halogens is 1. The van der Waals surface area contributed by atoms with Gasteiger partial charge in [0.2, 0.25) is 0 Å². The molecule has 33 heavy (non-hydrogen) atoms. The number of aromatic nitrogens is 1. The number of hydrogen-bond acceptors (Lipinski definition) is 6. The van der Waals surface area contributed by atoms with Crippen molar-refractivity contribution < 1.29 is 14.2 Å². The first-order valence-corrected chi connectivity index (χ1v) is 11.3. The third kappa shape index (κ3) is 6.00. The lowest BCUT2D eigenvalue weighted by Crippen LogP contribution is -2.44. The molecule has 1 N–H and O–H groups in total. The van der Waals surface area contributed by atoms with Crippen LogP contribution in [0.25, 0.3) is 0 Å². The highest BCUT2D eigenvalue weighted by Gasteiger charge is 2.22. The highest BCUT2D eigenvalue weighted by molar-refractivity contribution is 14.0. The lowest BCUT2D eigenvalue weighted by atomic mass is 9.99. The van der Waals surface area contributed by atoms with Crippen LogP contribution in [0.3, 0.4) is 0 Å². The Kier molecular flexibility index (Phi) is 9.42. The minimum atomic E-state index is 0. The summed E-state index contributed by atoms with van der Waals surface area (Å²) < 4.78 is 16.5. The molecule has 0 amide bonds. The third-order valence-electron chi connectivity index (χ3n) is 5.93. The van der Waals surface area contributed by atoms with E-state index in [2.05, 4.69) is 45.2 Å². The largest absolute Gasteiger partial charge is 0.493 e. The van der Waals surface area contributed by atoms with E-state index in [1.807, 2.05) is 12.3 Å². The standard InChI is InChI=1S/C24H33N5O3.HI/c1-4-25-24(27-16-19-6-5-8-26-23(19)28-10-12-32-13-11-28)29-9-7-18-14-21(30-2)22(31-3)15-20(18)17-29;/h5-6,8,14-15H,4,7,9-13,16-17H2,1-3H3,(H,25,27);1H. The summed E-state index contributed by atoms with van der Waals surface area (Å²) in [4.78, 5) is 14.2. The smallest absolute Gasteiger partial charge is 0.194 e. The van der Waals surface area contributed by atoms with Crippen LogP contribution in [0, 0.1) is 0 Å². The summed E-state index contributed by atoms with van der Waals surface area (Å²) in [6, 6.07) is 8.29. The van der Waals surface area contributed by atoms with E-state index in [0.29, 0.717) is 6.54 Å².